The van der Waals surface area contributed by atoms with Crippen LogP contribution in [0.2, 0.25) is 0 Å². The molecule has 0 saturated heterocycles. The molecule has 146 valence electrons. The Hall–Kier alpha value is -3.39. The third kappa shape index (κ3) is 2.92. The smallest absolute Gasteiger partial charge is 0.270 e. The first kappa shape index (κ1) is 17.7. The second-order valence-electron chi connectivity index (χ2n) is 6.82. The zero-order chi connectivity index (χ0) is 20.0. The van der Waals surface area contributed by atoms with E-state index in [2.05, 4.69) is 6.07 Å². The van der Waals surface area contributed by atoms with Crippen molar-refractivity contribution in [1.82, 2.24) is 5.01 Å². The molecule has 0 N–H and O–H groups in total. The van der Waals surface area contributed by atoms with Gasteiger partial charge < -0.3 is 9.47 Å². The number of hydrazone groups is 1. The summed E-state index contributed by atoms with van der Waals surface area (Å²) in [7, 11) is 1.54. The highest BCUT2D eigenvalue weighted by Crippen LogP contribution is 2.49. The molecular formula is C21H17N3O4S. The van der Waals surface area contributed by atoms with E-state index in [0.29, 0.717) is 11.3 Å². The lowest BCUT2D eigenvalue weighted by atomic mass is 9.97. The summed E-state index contributed by atoms with van der Waals surface area (Å²) >= 11 is 1.65. The van der Waals surface area contributed by atoms with Gasteiger partial charge in [-0.25, -0.2) is 5.01 Å². The first-order valence-electron chi connectivity index (χ1n) is 9.13. The number of rotatable bonds is 4. The topological polar surface area (TPSA) is 77.2 Å². The Bertz CT molecular complexity index is 1110. The molecule has 0 bridgehead atoms. The van der Waals surface area contributed by atoms with Crippen LogP contribution in [0.25, 0.3) is 0 Å². The predicted molar refractivity (Wildman–Crippen MR) is 110 cm³/mol. The van der Waals surface area contributed by atoms with Gasteiger partial charge in [-0.05, 0) is 23.6 Å². The van der Waals surface area contributed by atoms with Gasteiger partial charge in [0.05, 0.1) is 34.2 Å². The summed E-state index contributed by atoms with van der Waals surface area (Å²) in [6.45, 7) is 0. The molecule has 0 spiro atoms. The molecule has 0 unspecified atom stereocenters. The highest BCUT2D eigenvalue weighted by atomic mass is 32.1. The van der Waals surface area contributed by atoms with Crippen LogP contribution in [0, 0.1) is 10.1 Å². The van der Waals surface area contributed by atoms with Crippen molar-refractivity contribution in [2.24, 2.45) is 5.10 Å². The molecular weight excluding hydrogens is 390 g/mol. The molecule has 0 radical (unpaired) electrons. The molecule has 2 aromatic carbocycles. The monoisotopic (exact) mass is 407 g/mol. The van der Waals surface area contributed by atoms with Crippen LogP contribution in [0.3, 0.4) is 0 Å². The number of hydrogen-bond donors (Lipinski definition) is 0. The van der Waals surface area contributed by atoms with Crippen molar-refractivity contribution in [3.63, 3.8) is 0 Å². The third-order valence-corrected chi connectivity index (χ3v) is 6.11. The number of fused-ring (bicyclic) bond motifs is 3. The molecule has 1 aromatic heterocycles. The number of benzene rings is 2. The molecule has 7 nitrogen and oxygen atoms in total. The van der Waals surface area contributed by atoms with E-state index in [1.54, 1.807) is 24.5 Å². The number of nitro groups is 1. The van der Waals surface area contributed by atoms with Crippen molar-refractivity contribution in [3.8, 4) is 11.5 Å². The van der Waals surface area contributed by atoms with Crippen molar-refractivity contribution in [1.29, 1.82) is 0 Å². The third-order valence-electron chi connectivity index (χ3n) is 5.19. The van der Waals surface area contributed by atoms with Gasteiger partial charge in [0.15, 0.2) is 0 Å². The molecule has 3 heterocycles. The zero-order valence-corrected chi connectivity index (χ0v) is 16.3. The number of non-ortho nitro benzene ring substituents is 1. The van der Waals surface area contributed by atoms with Crippen LogP contribution in [0.1, 0.15) is 34.7 Å². The summed E-state index contributed by atoms with van der Waals surface area (Å²) in [5.74, 6) is 1.29. The maximum atomic E-state index is 11.4. The Morgan fingerprint density at radius 3 is 2.83 bits per heavy atom. The van der Waals surface area contributed by atoms with Gasteiger partial charge in [0.25, 0.3) is 5.69 Å². The molecule has 0 amide bonds. The molecule has 2 aliphatic heterocycles. The zero-order valence-electron chi connectivity index (χ0n) is 15.5. The van der Waals surface area contributed by atoms with E-state index in [9.17, 15) is 10.1 Å². The largest absolute Gasteiger partial charge is 0.496 e. The van der Waals surface area contributed by atoms with Gasteiger partial charge in [-0.15, -0.1) is 11.3 Å². The minimum Gasteiger partial charge on any atom is -0.496 e. The highest BCUT2D eigenvalue weighted by molar-refractivity contribution is 7.12. The molecule has 29 heavy (non-hydrogen) atoms. The average molecular weight is 407 g/mol. The maximum Gasteiger partial charge on any atom is 0.270 e. The predicted octanol–water partition coefficient (Wildman–Crippen LogP) is 4.91. The summed E-state index contributed by atoms with van der Waals surface area (Å²) in [5.41, 5.74) is 2.61. The normalized spacial score (nSPS) is 19.8. The van der Waals surface area contributed by atoms with Crippen LogP contribution in [-0.2, 0) is 0 Å². The summed E-state index contributed by atoms with van der Waals surface area (Å²) in [6, 6.07) is 16.5. The number of thiophene rings is 1. The number of nitro benzene ring substituents is 1. The Morgan fingerprint density at radius 2 is 2.07 bits per heavy atom. The first-order valence-corrected chi connectivity index (χ1v) is 10.0. The fraction of sp³-hybridized carbons (Fsp3) is 0.190. The minimum atomic E-state index is -0.623. The Labute approximate surface area is 171 Å². The quantitative estimate of drug-likeness (QED) is 0.454. The van der Waals surface area contributed by atoms with E-state index < -0.39 is 11.2 Å². The number of hydrogen-bond acceptors (Lipinski definition) is 7. The van der Waals surface area contributed by atoms with Crippen molar-refractivity contribution in [3.05, 3.63) is 86.1 Å². The lowest BCUT2D eigenvalue weighted by Crippen LogP contribution is -2.34. The number of nitrogens with zero attached hydrogens (tertiary/aromatic N) is 3. The maximum absolute atomic E-state index is 11.4. The van der Waals surface area contributed by atoms with Crippen molar-refractivity contribution in [2.75, 3.05) is 7.11 Å². The van der Waals surface area contributed by atoms with Crippen LogP contribution in [0.5, 0.6) is 11.5 Å². The molecule has 5 rings (SSSR count). The van der Waals surface area contributed by atoms with Gasteiger partial charge in [0.1, 0.15) is 11.5 Å². The van der Waals surface area contributed by atoms with Crippen molar-refractivity contribution in [2.45, 2.75) is 18.7 Å². The highest BCUT2D eigenvalue weighted by Gasteiger charge is 2.42. The average Bonchev–Trinajstić information content (AvgIpc) is 3.42. The Balaban J connectivity index is 1.65. The minimum absolute atomic E-state index is 0.00832. The Morgan fingerprint density at radius 1 is 1.21 bits per heavy atom. The van der Waals surface area contributed by atoms with Gasteiger partial charge in [-0.3, -0.25) is 10.1 Å². The van der Waals surface area contributed by atoms with Crippen molar-refractivity contribution >= 4 is 22.7 Å². The SMILES string of the molecule is COc1ccc([N+](=O)[O-])cc1[C@H]1Oc2ccccc2[C@H]2CC(c3cccs3)=NN21. The lowest BCUT2D eigenvalue weighted by molar-refractivity contribution is -0.385. The van der Waals surface area contributed by atoms with Gasteiger partial charge >= 0.3 is 0 Å². The molecule has 2 atom stereocenters. The number of methoxy groups -OCH3 is 1. The second-order valence-corrected chi connectivity index (χ2v) is 7.76. The van der Waals surface area contributed by atoms with Gasteiger partial charge in [-0.2, -0.15) is 5.10 Å². The van der Waals surface area contributed by atoms with E-state index in [1.165, 1.54) is 12.1 Å². The molecule has 2 aliphatic rings. The van der Waals surface area contributed by atoms with Crippen LogP contribution >= 0.6 is 11.3 Å². The standard InChI is InChI=1S/C21H17N3O4S/c1-27-18-9-8-13(24(25)26)11-15(18)21-23-17(14-5-2-3-6-19(14)28-21)12-16(22-23)20-7-4-10-29-20/h2-11,17,21H,12H2,1H3/t17-,21-/m1/s1. The van der Waals surface area contributed by atoms with Crippen LogP contribution in [0.15, 0.2) is 65.1 Å². The molecule has 8 heteroatoms. The van der Waals surface area contributed by atoms with E-state index in [-0.39, 0.29) is 11.7 Å². The number of ether oxygens (including phenoxy) is 2. The summed E-state index contributed by atoms with van der Waals surface area (Å²) < 4.78 is 11.8. The van der Waals surface area contributed by atoms with E-state index in [4.69, 9.17) is 14.6 Å². The van der Waals surface area contributed by atoms with E-state index in [1.807, 2.05) is 40.7 Å². The summed E-state index contributed by atoms with van der Waals surface area (Å²) in [5, 5.41) is 20.2. The van der Waals surface area contributed by atoms with Crippen LogP contribution in [-0.4, -0.2) is 22.8 Å². The molecule has 0 fully saturated rings. The van der Waals surface area contributed by atoms with Crippen molar-refractivity contribution < 1.29 is 14.4 Å². The van der Waals surface area contributed by atoms with Crippen LogP contribution in [0.4, 0.5) is 5.69 Å². The van der Waals surface area contributed by atoms with Crippen LogP contribution < -0.4 is 9.47 Å². The summed E-state index contributed by atoms with van der Waals surface area (Å²) in [4.78, 5) is 12.1. The Kier molecular flexibility index (Phi) is 4.21. The second kappa shape index (κ2) is 6.89. The number of para-hydroxylation sites is 1. The van der Waals surface area contributed by atoms with E-state index >= 15 is 0 Å². The lowest BCUT2D eigenvalue weighted by Gasteiger charge is -2.38. The summed E-state index contributed by atoms with van der Waals surface area (Å²) in [6.07, 6.45) is 0.122. The molecule has 0 aliphatic carbocycles. The fourth-order valence-electron chi connectivity index (χ4n) is 3.86. The van der Waals surface area contributed by atoms with Gasteiger partial charge in [0.2, 0.25) is 6.23 Å². The van der Waals surface area contributed by atoms with Gasteiger partial charge in [0, 0.05) is 24.1 Å². The van der Waals surface area contributed by atoms with Gasteiger partial charge in [-0.1, -0.05) is 24.3 Å². The first-order chi connectivity index (χ1) is 14.2. The molecule has 3 aromatic rings. The fourth-order valence-corrected chi connectivity index (χ4v) is 4.58. The molecule has 0 saturated carbocycles. The van der Waals surface area contributed by atoms with E-state index in [0.717, 1.165) is 28.3 Å².